The molecule has 0 aliphatic heterocycles. The molecule has 0 bridgehead atoms. The van der Waals surface area contributed by atoms with Crippen LogP contribution in [0.4, 0.5) is 0 Å². The normalized spacial score (nSPS) is 12.1. The van der Waals surface area contributed by atoms with Gasteiger partial charge in [-0.1, -0.05) is 20.8 Å². The lowest BCUT2D eigenvalue weighted by Gasteiger charge is -2.23. The summed E-state index contributed by atoms with van der Waals surface area (Å²) >= 11 is 0. The van der Waals surface area contributed by atoms with Crippen molar-refractivity contribution in [2.24, 2.45) is 5.92 Å². The van der Waals surface area contributed by atoms with E-state index in [2.05, 4.69) is 57.8 Å². The third-order valence-electron chi connectivity index (χ3n) is 3.44. The molecular weight excluding hydrogens is 236 g/mol. The molecule has 1 aromatic rings. The molecule has 1 heterocycles. The van der Waals surface area contributed by atoms with E-state index in [1.807, 2.05) is 0 Å². The van der Waals surface area contributed by atoms with Crippen LogP contribution in [-0.2, 0) is 13.1 Å². The molecule has 0 spiro atoms. The first-order valence-corrected chi connectivity index (χ1v) is 7.47. The van der Waals surface area contributed by atoms with Gasteiger partial charge in [0.2, 0.25) is 0 Å². The van der Waals surface area contributed by atoms with Gasteiger partial charge in [0, 0.05) is 18.2 Å². The van der Waals surface area contributed by atoms with Crippen molar-refractivity contribution in [3.8, 4) is 0 Å². The van der Waals surface area contributed by atoms with Gasteiger partial charge in [-0.25, -0.2) is 0 Å². The Morgan fingerprint density at radius 3 is 2.47 bits per heavy atom. The summed E-state index contributed by atoms with van der Waals surface area (Å²) < 4.78 is 5.87. The lowest BCUT2D eigenvalue weighted by Crippen LogP contribution is -2.29. The van der Waals surface area contributed by atoms with Crippen LogP contribution >= 0.6 is 0 Å². The Labute approximate surface area is 118 Å². The zero-order valence-corrected chi connectivity index (χ0v) is 13.4. The highest BCUT2D eigenvalue weighted by Crippen LogP contribution is 2.17. The Morgan fingerprint density at radius 2 is 1.95 bits per heavy atom. The second-order valence-corrected chi connectivity index (χ2v) is 5.98. The Morgan fingerprint density at radius 1 is 1.26 bits per heavy atom. The molecule has 0 aromatic carbocycles. The van der Waals surface area contributed by atoms with Gasteiger partial charge in [0.25, 0.3) is 0 Å². The van der Waals surface area contributed by atoms with Crippen molar-refractivity contribution in [3.63, 3.8) is 0 Å². The van der Waals surface area contributed by atoms with Crippen LogP contribution in [0.15, 0.2) is 10.5 Å². The van der Waals surface area contributed by atoms with Crippen molar-refractivity contribution < 1.29 is 4.42 Å². The molecular formula is C16H30N2O. The number of hydrogen-bond donors (Lipinski definition) is 1. The summed E-state index contributed by atoms with van der Waals surface area (Å²) in [5.41, 5.74) is 1.29. The molecule has 0 saturated carbocycles. The maximum absolute atomic E-state index is 5.87. The Balaban J connectivity index is 2.58. The number of rotatable bonds is 8. The minimum absolute atomic E-state index is 0.554. The van der Waals surface area contributed by atoms with E-state index >= 15 is 0 Å². The van der Waals surface area contributed by atoms with E-state index in [1.165, 1.54) is 5.56 Å². The fourth-order valence-electron chi connectivity index (χ4n) is 2.20. The summed E-state index contributed by atoms with van der Waals surface area (Å²) in [7, 11) is 0. The van der Waals surface area contributed by atoms with Crippen LogP contribution < -0.4 is 5.32 Å². The monoisotopic (exact) mass is 266 g/mol. The third-order valence-corrected chi connectivity index (χ3v) is 3.44. The highest BCUT2D eigenvalue weighted by atomic mass is 16.3. The van der Waals surface area contributed by atoms with Crippen LogP contribution in [0.5, 0.6) is 0 Å². The maximum Gasteiger partial charge on any atom is 0.118 e. The predicted molar refractivity (Wildman–Crippen MR) is 81.2 cm³/mol. The summed E-state index contributed by atoms with van der Waals surface area (Å²) in [5.74, 6) is 2.81. The first kappa shape index (κ1) is 16.3. The summed E-state index contributed by atoms with van der Waals surface area (Å²) in [6, 6.07) is 2.76. The number of nitrogens with one attached hydrogen (secondary N) is 1. The summed E-state index contributed by atoms with van der Waals surface area (Å²) in [4.78, 5) is 2.41. The standard InChI is InChI=1S/C16H30N2O/c1-7-18(13(4)5)11-16-8-15(14(6)19-16)10-17-9-12(2)3/h8,12-13,17H,7,9-11H2,1-6H3. The molecule has 3 nitrogen and oxygen atoms in total. The summed E-state index contributed by atoms with van der Waals surface area (Å²) in [6.07, 6.45) is 0. The molecule has 0 saturated heterocycles. The first-order chi connectivity index (χ1) is 8.93. The van der Waals surface area contributed by atoms with Crippen molar-refractivity contribution in [2.45, 2.75) is 60.7 Å². The molecule has 19 heavy (non-hydrogen) atoms. The van der Waals surface area contributed by atoms with Crippen LogP contribution in [0.1, 0.15) is 51.7 Å². The zero-order chi connectivity index (χ0) is 14.4. The van der Waals surface area contributed by atoms with E-state index in [0.717, 1.165) is 37.7 Å². The van der Waals surface area contributed by atoms with Crippen molar-refractivity contribution in [1.82, 2.24) is 10.2 Å². The van der Waals surface area contributed by atoms with Crippen molar-refractivity contribution in [1.29, 1.82) is 0 Å². The van der Waals surface area contributed by atoms with Crippen LogP contribution in [0.25, 0.3) is 0 Å². The van der Waals surface area contributed by atoms with Gasteiger partial charge in [-0.3, -0.25) is 4.90 Å². The van der Waals surface area contributed by atoms with Gasteiger partial charge in [0.15, 0.2) is 0 Å². The van der Waals surface area contributed by atoms with Crippen molar-refractivity contribution >= 4 is 0 Å². The maximum atomic E-state index is 5.87. The van der Waals surface area contributed by atoms with Gasteiger partial charge in [-0.2, -0.15) is 0 Å². The molecule has 0 aliphatic carbocycles. The van der Waals surface area contributed by atoms with E-state index in [4.69, 9.17) is 4.42 Å². The van der Waals surface area contributed by atoms with E-state index < -0.39 is 0 Å². The summed E-state index contributed by atoms with van der Waals surface area (Å²) in [6.45, 7) is 17.1. The van der Waals surface area contributed by atoms with Crippen molar-refractivity contribution in [3.05, 3.63) is 23.2 Å². The second-order valence-electron chi connectivity index (χ2n) is 5.98. The van der Waals surface area contributed by atoms with E-state index in [-0.39, 0.29) is 0 Å². The van der Waals surface area contributed by atoms with Gasteiger partial charge >= 0.3 is 0 Å². The fraction of sp³-hybridized carbons (Fsp3) is 0.750. The SMILES string of the molecule is CCN(Cc1cc(CNCC(C)C)c(C)o1)C(C)C. The fourth-order valence-corrected chi connectivity index (χ4v) is 2.20. The van der Waals surface area contributed by atoms with E-state index in [9.17, 15) is 0 Å². The van der Waals surface area contributed by atoms with Crippen LogP contribution in [0.3, 0.4) is 0 Å². The largest absolute Gasteiger partial charge is 0.465 e. The first-order valence-electron chi connectivity index (χ1n) is 7.47. The average molecular weight is 266 g/mol. The molecule has 1 rings (SSSR count). The second kappa shape index (κ2) is 7.71. The minimum Gasteiger partial charge on any atom is -0.465 e. The molecule has 1 N–H and O–H groups in total. The quantitative estimate of drug-likeness (QED) is 0.780. The number of furan rings is 1. The van der Waals surface area contributed by atoms with Crippen LogP contribution in [0.2, 0.25) is 0 Å². The topological polar surface area (TPSA) is 28.4 Å². The Bertz CT molecular complexity index is 369. The highest BCUT2D eigenvalue weighted by molar-refractivity contribution is 5.20. The molecule has 0 fully saturated rings. The van der Waals surface area contributed by atoms with E-state index in [0.29, 0.717) is 12.0 Å². The molecule has 110 valence electrons. The molecule has 0 unspecified atom stereocenters. The van der Waals surface area contributed by atoms with Gasteiger partial charge in [-0.15, -0.1) is 0 Å². The smallest absolute Gasteiger partial charge is 0.118 e. The Hall–Kier alpha value is -0.800. The number of nitrogens with zero attached hydrogens (tertiary/aromatic N) is 1. The predicted octanol–water partition coefficient (Wildman–Crippen LogP) is 3.56. The van der Waals surface area contributed by atoms with E-state index in [1.54, 1.807) is 0 Å². The molecule has 0 radical (unpaired) electrons. The third kappa shape index (κ3) is 5.37. The average Bonchev–Trinajstić information content (AvgIpc) is 2.66. The number of hydrogen-bond acceptors (Lipinski definition) is 3. The Kier molecular flexibility index (Phi) is 6.59. The number of aryl methyl sites for hydroxylation is 1. The zero-order valence-electron chi connectivity index (χ0n) is 13.4. The molecule has 0 atom stereocenters. The molecule has 3 heteroatoms. The van der Waals surface area contributed by atoms with Gasteiger partial charge < -0.3 is 9.73 Å². The van der Waals surface area contributed by atoms with Gasteiger partial charge in [0.1, 0.15) is 11.5 Å². The van der Waals surface area contributed by atoms with Crippen LogP contribution in [0, 0.1) is 12.8 Å². The molecule has 0 amide bonds. The molecule has 0 aliphatic rings. The highest BCUT2D eigenvalue weighted by Gasteiger charge is 2.12. The lowest BCUT2D eigenvalue weighted by atomic mass is 10.2. The van der Waals surface area contributed by atoms with Crippen molar-refractivity contribution in [2.75, 3.05) is 13.1 Å². The van der Waals surface area contributed by atoms with Gasteiger partial charge in [0.05, 0.1) is 6.54 Å². The minimum atomic E-state index is 0.554. The lowest BCUT2D eigenvalue weighted by molar-refractivity contribution is 0.206. The van der Waals surface area contributed by atoms with Crippen LogP contribution in [-0.4, -0.2) is 24.0 Å². The molecule has 1 aromatic heterocycles. The van der Waals surface area contributed by atoms with Gasteiger partial charge in [-0.05, 0) is 45.8 Å². The summed E-state index contributed by atoms with van der Waals surface area (Å²) in [5, 5.41) is 3.47.